The van der Waals surface area contributed by atoms with E-state index in [-0.39, 0.29) is 10.6 Å². The fourth-order valence-corrected chi connectivity index (χ4v) is 5.96. The van der Waals surface area contributed by atoms with Crippen LogP contribution in [0.4, 0.5) is 11.4 Å². The van der Waals surface area contributed by atoms with Crippen molar-refractivity contribution in [1.29, 1.82) is 0 Å². The number of nitrogens with zero attached hydrogens (tertiary/aromatic N) is 7. The van der Waals surface area contributed by atoms with Crippen LogP contribution in [-0.2, 0) is 11.4 Å². The van der Waals surface area contributed by atoms with E-state index in [2.05, 4.69) is 61.2 Å². The van der Waals surface area contributed by atoms with Crippen LogP contribution in [0, 0.1) is 5.92 Å². The highest BCUT2D eigenvalue weighted by atomic mass is 16.7. The Labute approximate surface area is 232 Å². The van der Waals surface area contributed by atoms with Gasteiger partial charge in [-0.15, -0.1) is 20.4 Å². The number of hydrogen-bond acceptors (Lipinski definition) is 9. The van der Waals surface area contributed by atoms with Gasteiger partial charge in [-0.2, -0.15) is 15.0 Å². The largest absolute Gasteiger partial charge is 0.478 e. The van der Waals surface area contributed by atoms with Crippen molar-refractivity contribution in [2.45, 2.75) is 45.6 Å². The summed E-state index contributed by atoms with van der Waals surface area (Å²) >= 11 is 0. The first-order chi connectivity index (χ1) is 19.7. The third kappa shape index (κ3) is 4.50. The Morgan fingerprint density at radius 1 is 0.875 bits per heavy atom. The Morgan fingerprint density at radius 2 is 1.60 bits per heavy atom. The molecular formula is C29H33N8O3+. The Bertz CT molecular complexity index is 1500. The van der Waals surface area contributed by atoms with Crippen molar-refractivity contribution < 1.29 is 14.3 Å². The van der Waals surface area contributed by atoms with E-state index >= 15 is 0 Å². The molecule has 11 heteroatoms. The van der Waals surface area contributed by atoms with Crippen LogP contribution in [-0.4, -0.2) is 57.5 Å². The van der Waals surface area contributed by atoms with Crippen molar-refractivity contribution in [2.24, 2.45) is 10.9 Å². The molecule has 1 N–H and O–H groups in total. The minimum absolute atomic E-state index is 0.0876. The molecule has 1 fully saturated rings. The zero-order valence-corrected chi connectivity index (χ0v) is 23.0. The van der Waals surface area contributed by atoms with Crippen molar-refractivity contribution in [1.82, 2.24) is 35.5 Å². The summed E-state index contributed by atoms with van der Waals surface area (Å²) in [6.45, 7) is 3.01. The molecule has 1 aliphatic heterocycles. The number of nitrogens with one attached hydrogen (secondary N) is 1. The molecule has 4 aromatic rings. The van der Waals surface area contributed by atoms with Crippen molar-refractivity contribution in [2.75, 3.05) is 20.8 Å². The van der Waals surface area contributed by atoms with E-state index < -0.39 is 0 Å². The number of benzene rings is 2. The van der Waals surface area contributed by atoms with Crippen LogP contribution in [0.1, 0.15) is 44.6 Å². The van der Waals surface area contributed by atoms with Crippen LogP contribution in [0.3, 0.4) is 0 Å². The molecule has 2 aromatic carbocycles. The molecule has 1 unspecified atom stereocenters. The molecule has 1 saturated carbocycles. The standard InChI is InChI=1S/C29H33N8O3/c1-4-40-37(18-19-14-16-20(17-15-19)22-12-8-9-13-23(22)26-31-35-36-32-26)25-24(28(38-2)33-34-29(25)39-3)30-27(37)21-10-6-5-7-11-21/h8-9,12-17,21H,4-7,10-11,18H2,1-3H3,(H,31,32,35,36)/q+1. The molecule has 2 aliphatic rings. The fraction of sp³-hybridized carbons (Fsp3) is 0.379. The van der Waals surface area contributed by atoms with Crippen LogP contribution in [0.2, 0.25) is 0 Å². The monoisotopic (exact) mass is 541 g/mol. The Kier molecular flexibility index (Phi) is 7.23. The van der Waals surface area contributed by atoms with Crippen molar-refractivity contribution in [3.63, 3.8) is 0 Å². The number of hydrogen-bond donors (Lipinski definition) is 1. The number of hydroxylamine groups is 2. The van der Waals surface area contributed by atoms with E-state index in [1.165, 1.54) is 19.3 Å². The lowest BCUT2D eigenvalue weighted by Gasteiger charge is -2.35. The number of aromatic nitrogens is 6. The highest BCUT2D eigenvalue weighted by Crippen LogP contribution is 2.53. The van der Waals surface area contributed by atoms with Gasteiger partial charge in [0.2, 0.25) is 17.3 Å². The normalized spacial score (nSPS) is 18.8. The zero-order valence-electron chi connectivity index (χ0n) is 23.0. The minimum atomic E-state index is 0.0876. The Morgan fingerprint density at radius 3 is 2.27 bits per heavy atom. The molecule has 1 aliphatic carbocycles. The van der Waals surface area contributed by atoms with Crippen molar-refractivity contribution in [3.05, 3.63) is 54.1 Å². The fourth-order valence-electron chi connectivity index (χ4n) is 5.96. The average Bonchev–Trinajstić information content (AvgIpc) is 3.66. The first-order valence-corrected chi connectivity index (χ1v) is 13.7. The zero-order chi connectivity index (χ0) is 27.5. The second-order valence-corrected chi connectivity index (χ2v) is 10.0. The third-order valence-electron chi connectivity index (χ3n) is 7.71. The van der Waals surface area contributed by atoms with Gasteiger partial charge < -0.3 is 9.47 Å². The van der Waals surface area contributed by atoms with Crippen LogP contribution in [0.25, 0.3) is 22.5 Å². The van der Waals surface area contributed by atoms with Crippen LogP contribution in [0.15, 0.2) is 53.5 Å². The molecule has 2 aromatic heterocycles. The van der Waals surface area contributed by atoms with Gasteiger partial charge in [-0.25, -0.2) is 0 Å². The number of rotatable bonds is 9. The second-order valence-electron chi connectivity index (χ2n) is 10.0. The minimum Gasteiger partial charge on any atom is -0.478 e. The Hall–Kier alpha value is -4.22. The van der Waals surface area contributed by atoms with E-state index in [1.807, 2.05) is 25.1 Å². The number of methoxy groups -OCH3 is 2. The first kappa shape index (κ1) is 26.0. The molecule has 40 heavy (non-hydrogen) atoms. The smallest absolute Gasteiger partial charge is 0.302 e. The highest BCUT2D eigenvalue weighted by molar-refractivity contribution is 6.04. The summed E-state index contributed by atoms with van der Waals surface area (Å²) in [5.41, 5.74) is 5.46. The molecule has 11 nitrogen and oxygen atoms in total. The van der Waals surface area contributed by atoms with E-state index in [0.29, 0.717) is 36.4 Å². The van der Waals surface area contributed by atoms with Gasteiger partial charge in [0.25, 0.3) is 11.6 Å². The second kappa shape index (κ2) is 11.1. The van der Waals surface area contributed by atoms with Crippen LogP contribution in [0.5, 0.6) is 11.8 Å². The number of fused-ring (bicyclic) bond motifs is 1. The maximum absolute atomic E-state index is 6.69. The Balaban J connectivity index is 1.43. The van der Waals surface area contributed by atoms with E-state index in [0.717, 1.165) is 46.6 Å². The van der Waals surface area contributed by atoms with Gasteiger partial charge in [0, 0.05) is 11.1 Å². The number of aliphatic imine (C=N–C) groups is 1. The van der Waals surface area contributed by atoms with Gasteiger partial charge in [0.05, 0.1) is 20.1 Å². The lowest BCUT2D eigenvalue weighted by Crippen LogP contribution is -2.54. The summed E-state index contributed by atoms with van der Waals surface area (Å²) in [5, 5.41) is 23.2. The summed E-state index contributed by atoms with van der Waals surface area (Å²) < 4.78 is 11.4. The highest BCUT2D eigenvalue weighted by Gasteiger charge is 2.54. The molecule has 0 radical (unpaired) electrons. The summed E-state index contributed by atoms with van der Waals surface area (Å²) in [6.07, 6.45) is 5.72. The van der Waals surface area contributed by atoms with E-state index in [4.69, 9.17) is 19.3 Å². The van der Waals surface area contributed by atoms with Gasteiger partial charge >= 0.3 is 5.88 Å². The number of quaternary nitrogens is 1. The number of aromatic amines is 1. The van der Waals surface area contributed by atoms with Gasteiger partial charge in [-0.1, -0.05) is 72.4 Å². The molecule has 0 bridgehead atoms. The number of amidine groups is 1. The van der Waals surface area contributed by atoms with Crippen molar-refractivity contribution >= 4 is 17.2 Å². The number of H-pyrrole nitrogens is 1. The SMILES string of the molecule is CCO[N+]1(Cc2ccc(-c3ccccc3-c3nn[nH]n3)cc2)C(C2CCCCC2)=Nc2c(OC)nnc(OC)c21. The predicted molar refractivity (Wildman–Crippen MR) is 151 cm³/mol. The topological polar surface area (TPSA) is 120 Å². The lowest BCUT2D eigenvalue weighted by molar-refractivity contribution is -0.0944. The molecule has 3 heterocycles. The summed E-state index contributed by atoms with van der Waals surface area (Å²) in [5.74, 6) is 2.57. The van der Waals surface area contributed by atoms with Gasteiger partial charge in [0.15, 0.2) is 0 Å². The molecule has 6 rings (SSSR count). The molecule has 0 amide bonds. The molecule has 0 spiro atoms. The predicted octanol–water partition coefficient (Wildman–Crippen LogP) is 5.42. The first-order valence-electron chi connectivity index (χ1n) is 13.7. The van der Waals surface area contributed by atoms with Crippen molar-refractivity contribution in [3.8, 4) is 34.3 Å². The van der Waals surface area contributed by atoms with Crippen LogP contribution < -0.4 is 14.1 Å². The third-order valence-corrected chi connectivity index (χ3v) is 7.71. The van der Waals surface area contributed by atoms with Crippen LogP contribution >= 0.6 is 0 Å². The lowest BCUT2D eigenvalue weighted by atomic mass is 9.87. The maximum atomic E-state index is 6.69. The van der Waals surface area contributed by atoms with Gasteiger partial charge in [-0.3, -0.25) is 0 Å². The molecule has 0 saturated heterocycles. The number of ether oxygens (including phenoxy) is 2. The van der Waals surface area contributed by atoms with Gasteiger partial charge in [0.1, 0.15) is 13.2 Å². The summed E-state index contributed by atoms with van der Waals surface area (Å²) in [6, 6.07) is 16.6. The average molecular weight is 542 g/mol. The molecule has 206 valence electrons. The molecular weight excluding hydrogens is 508 g/mol. The quantitative estimate of drug-likeness (QED) is 0.279. The molecule has 1 atom stereocenters. The maximum Gasteiger partial charge on any atom is 0.302 e. The van der Waals surface area contributed by atoms with E-state index in [1.54, 1.807) is 14.2 Å². The van der Waals surface area contributed by atoms with E-state index in [9.17, 15) is 0 Å². The summed E-state index contributed by atoms with van der Waals surface area (Å²) in [7, 11) is 3.19. The summed E-state index contributed by atoms with van der Waals surface area (Å²) in [4.78, 5) is 11.9. The van der Waals surface area contributed by atoms with Gasteiger partial charge in [-0.05, 0) is 36.1 Å². The number of tetrazole rings is 1.